The van der Waals surface area contributed by atoms with Crippen LogP contribution >= 0.6 is 11.3 Å². The maximum Gasteiger partial charge on any atom is 0.150 e. The maximum absolute atomic E-state index is 10.8. The summed E-state index contributed by atoms with van der Waals surface area (Å²) < 4.78 is 0. The van der Waals surface area contributed by atoms with E-state index in [-0.39, 0.29) is 6.04 Å². The van der Waals surface area contributed by atoms with Crippen molar-refractivity contribution in [1.82, 2.24) is 0 Å². The molecule has 0 aliphatic carbocycles. The zero-order chi connectivity index (χ0) is 14.5. The molecule has 0 N–H and O–H groups in total. The SMILES string of the molecule is CC(Cc1cccs1)N(C)c1ccc(C=O)cc1C#N. The van der Waals surface area contributed by atoms with Gasteiger partial charge >= 0.3 is 0 Å². The van der Waals surface area contributed by atoms with Gasteiger partial charge in [0.25, 0.3) is 0 Å². The van der Waals surface area contributed by atoms with Gasteiger partial charge in [0, 0.05) is 30.0 Å². The molecular formula is C16H16N2OS. The van der Waals surface area contributed by atoms with Crippen LogP contribution in [0.2, 0.25) is 0 Å². The van der Waals surface area contributed by atoms with Crippen LogP contribution in [0.5, 0.6) is 0 Å². The van der Waals surface area contributed by atoms with Gasteiger partial charge in [0.2, 0.25) is 0 Å². The zero-order valence-corrected chi connectivity index (χ0v) is 12.4. The lowest BCUT2D eigenvalue weighted by Gasteiger charge is -2.27. The molecule has 0 fully saturated rings. The molecule has 3 nitrogen and oxygen atoms in total. The fourth-order valence-electron chi connectivity index (χ4n) is 2.12. The number of nitrogens with zero attached hydrogens (tertiary/aromatic N) is 2. The Hall–Kier alpha value is -2.12. The van der Waals surface area contributed by atoms with Crippen molar-refractivity contribution < 1.29 is 4.79 Å². The van der Waals surface area contributed by atoms with Crippen molar-refractivity contribution in [2.45, 2.75) is 19.4 Å². The molecule has 102 valence electrons. The number of aldehydes is 1. The van der Waals surface area contributed by atoms with E-state index in [1.54, 1.807) is 23.5 Å². The van der Waals surface area contributed by atoms with Gasteiger partial charge in [0.1, 0.15) is 12.4 Å². The van der Waals surface area contributed by atoms with E-state index in [4.69, 9.17) is 0 Å². The van der Waals surface area contributed by atoms with Gasteiger partial charge in [-0.1, -0.05) is 6.07 Å². The summed E-state index contributed by atoms with van der Waals surface area (Å²) in [5.41, 5.74) is 1.93. The smallest absolute Gasteiger partial charge is 0.150 e. The second kappa shape index (κ2) is 6.36. The van der Waals surface area contributed by atoms with Crippen molar-refractivity contribution in [1.29, 1.82) is 5.26 Å². The Balaban J connectivity index is 2.22. The third kappa shape index (κ3) is 3.06. The lowest BCUT2D eigenvalue weighted by atomic mass is 10.1. The quantitative estimate of drug-likeness (QED) is 0.789. The molecule has 4 heteroatoms. The number of hydrogen-bond donors (Lipinski definition) is 0. The standard InChI is InChI=1S/C16H16N2OS/c1-12(8-15-4-3-7-20-15)18(2)16-6-5-13(11-19)9-14(16)10-17/h3-7,9,11-12H,8H2,1-2H3. The van der Waals surface area contributed by atoms with Gasteiger partial charge in [-0.3, -0.25) is 4.79 Å². The van der Waals surface area contributed by atoms with Gasteiger partial charge in [-0.05, 0) is 36.6 Å². The highest BCUT2D eigenvalue weighted by atomic mass is 32.1. The van der Waals surface area contributed by atoms with Gasteiger partial charge in [-0.15, -0.1) is 11.3 Å². The number of hydrogen-bond acceptors (Lipinski definition) is 4. The van der Waals surface area contributed by atoms with Crippen LogP contribution in [0.3, 0.4) is 0 Å². The molecule has 1 aromatic heterocycles. The summed E-state index contributed by atoms with van der Waals surface area (Å²) >= 11 is 1.74. The van der Waals surface area contributed by atoms with Gasteiger partial charge < -0.3 is 4.90 Å². The van der Waals surface area contributed by atoms with Crippen molar-refractivity contribution in [3.8, 4) is 6.07 Å². The molecule has 0 aliphatic rings. The first-order valence-electron chi connectivity index (χ1n) is 6.40. The van der Waals surface area contributed by atoms with E-state index in [1.165, 1.54) is 4.88 Å². The molecule has 0 saturated heterocycles. The van der Waals surface area contributed by atoms with E-state index in [9.17, 15) is 10.1 Å². The lowest BCUT2D eigenvalue weighted by molar-refractivity contribution is 0.112. The van der Waals surface area contributed by atoms with Crippen LogP contribution in [0.4, 0.5) is 5.69 Å². The van der Waals surface area contributed by atoms with Gasteiger partial charge in [0.15, 0.2) is 0 Å². The molecule has 1 aromatic carbocycles. The molecule has 1 atom stereocenters. The molecule has 0 radical (unpaired) electrons. The summed E-state index contributed by atoms with van der Waals surface area (Å²) in [6.45, 7) is 2.13. The summed E-state index contributed by atoms with van der Waals surface area (Å²) in [6.07, 6.45) is 1.70. The summed E-state index contributed by atoms with van der Waals surface area (Å²) in [5.74, 6) is 0. The number of carbonyl (C=O) groups excluding carboxylic acids is 1. The molecule has 0 amide bonds. The first kappa shape index (κ1) is 14.3. The Morgan fingerprint density at radius 1 is 1.45 bits per heavy atom. The highest BCUT2D eigenvalue weighted by Crippen LogP contribution is 2.23. The van der Waals surface area contributed by atoms with Gasteiger partial charge in [-0.2, -0.15) is 5.26 Å². The van der Waals surface area contributed by atoms with Crippen molar-refractivity contribution >= 4 is 23.3 Å². The highest BCUT2D eigenvalue weighted by Gasteiger charge is 2.15. The third-order valence-corrected chi connectivity index (χ3v) is 4.29. The number of likely N-dealkylation sites (N-methyl/N-ethyl adjacent to an activating group) is 1. The number of anilines is 1. The molecule has 0 bridgehead atoms. The van der Waals surface area contributed by atoms with Crippen LogP contribution in [0.15, 0.2) is 35.7 Å². The number of rotatable bonds is 5. The van der Waals surface area contributed by atoms with Crippen LogP contribution in [-0.2, 0) is 6.42 Å². The van der Waals surface area contributed by atoms with E-state index in [1.807, 2.05) is 19.2 Å². The monoisotopic (exact) mass is 284 g/mol. The molecule has 20 heavy (non-hydrogen) atoms. The zero-order valence-electron chi connectivity index (χ0n) is 11.5. The number of benzene rings is 1. The summed E-state index contributed by atoms with van der Waals surface area (Å²) in [7, 11) is 1.98. The van der Waals surface area contributed by atoms with Crippen molar-refractivity contribution in [3.63, 3.8) is 0 Å². The van der Waals surface area contributed by atoms with Crippen molar-refractivity contribution in [2.24, 2.45) is 0 Å². The van der Waals surface area contributed by atoms with E-state index in [0.29, 0.717) is 11.1 Å². The van der Waals surface area contributed by atoms with Crippen LogP contribution in [-0.4, -0.2) is 19.4 Å². The summed E-state index contributed by atoms with van der Waals surface area (Å²) in [5, 5.41) is 11.3. The minimum atomic E-state index is 0.280. The predicted octanol–water partition coefficient (Wildman–Crippen LogP) is 3.50. The Morgan fingerprint density at radius 3 is 2.85 bits per heavy atom. The molecular weight excluding hydrogens is 268 g/mol. The maximum atomic E-state index is 10.8. The van der Waals surface area contributed by atoms with E-state index >= 15 is 0 Å². The number of thiophene rings is 1. The number of nitriles is 1. The minimum Gasteiger partial charge on any atom is -0.370 e. The molecule has 0 spiro atoms. The first-order chi connectivity index (χ1) is 9.65. The van der Waals surface area contributed by atoms with Crippen LogP contribution in [0, 0.1) is 11.3 Å². The predicted molar refractivity (Wildman–Crippen MR) is 82.4 cm³/mol. The normalized spacial score (nSPS) is 11.7. The van der Waals surface area contributed by atoms with E-state index < -0.39 is 0 Å². The topological polar surface area (TPSA) is 44.1 Å². The molecule has 0 saturated carbocycles. The second-order valence-corrected chi connectivity index (χ2v) is 5.78. The third-order valence-electron chi connectivity index (χ3n) is 3.39. The van der Waals surface area contributed by atoms with Crippen LogP contribution in [0.25, 0.3) is 0 Å². The Kier molecular flexibility index (Phi) is 4.54. The fourth-order valence-corrected chi connectivity index (χ4v) is 2.94. The summed E-state index contributed by atoms with van der Waals surface area (Å²) in [4.78, 5) is 14.2. The average Bonchev–Trinajstić information content (AvgIpc) is 2.98. The Bertz CT molecular complexity index is 628. The Morgan fingerprint density at radius 2 is 2.25 bits per heavy atom. The lowest BCUT2D eigenvalue weighted by Crippen LogP contribution is -2.31. The van der Waals surface area contributed by atoms with Crippen molar-refractivity contribution in [3.05, 3.63) is 51.7 Å². The summed E-state index contributed by atoms with van der Waals surface area (Å²) in [6, 6.07) is 11.8. The average molecular weight is 284 g/mol. The highest BCUT2D eigenvalue weighted by molar-refractivity contribution is 7.09. The number of carbonyl (C=O) groups is 1. The molecule has 1 unspecified atom stereocenters. The van der Waals surface area contributed by atoms with Gasteiger partial charge in [-0.25, -0.2) is 0 Å². The van der Waals surface area contributed by atoms with E-state index in [0.717, 1.165) is 18.4 Å². The second-order valence-electron chi connectivity index (χ2n) is 4.75. The van der Waals surface area contributed by atoms with Crippen LogP contribution in [0.1, 0.15) is 27.7 Å². The Labute approximate surface area is 123 Å². The van der Waals surface area contributed by atoms with Gasteiger partial charge in [0.05, 0.1) is 11.3 Å². The van der Waals surface area contributed by atoms with Crippen molar-refractivity contribution in [2.75, 3.05) is 11.9 Å². The molecule has 2 rings (SSSR count). The van der Waals surface area contributed by atoms with E-state index in [2.05, 4.69) is 29.3 Å². The minimum absolute atomic E-state index is 0.280. The largest absolute Gasteiger partial charge is 0.370 e. The fraction of sp³-hybridized carbons (Fsp3) is 0.250. The first-order valence-corrected chi connectivity index (χ1v) is 7.28. The molecule has 1 heterocycles. The van der Waals surface area contributed by atoms with Crippen LogP contribution < -0.4 is 4.90 Å². The molecule has 0 aliphatic heterocycles. The molecule has 2 aromatic rings.